The monoisotopic (exact) mass is 844 g/mol. The zero-order chi connectivity index (χ0) is 43.8. The molecule has 0 aromatic heterocycles. The van der Waals surface area contributed by atoms with Gasteiger partial charge in [0.25, 0.3) is 0 Å². The highest BCUT2D eigenvalue weighted by atomic mass is 16.5. The third kappa shape index (κ3) is 42.8. The van der Waals surface area contributed by atoms with Crippen molar-refractivity contribution < 1.29 is 24.5 Å². The topological polar surface area (TPSA) is 95.9 Å². The van der Waals surface area contributed by atoms with Crippen LogP contribution in [0.4, 0.5) is 0 Å². The highest BCUT2D eigenvalue weighted by Gasteiger charge is 2.24. The number of aliphatic hydroxyl groups is 2. The van der Waals surface area contributed by atoms with Gasteiger partial charge in [-0.1, -0.05) is 218 Å². The van der Waals surface area contributed by atoms with Crippen molar-refractivity contribution in [3.63, 3.8) is 0 Å². The number of rotatable bonds is 47. The van der Waals surface area contributed by atoms with Crippen LogP contribution in [-0.4, -0.2) is 46.9 Å². The van der Waals surface area contributed by atoms with Gasteiger partial charge in [-0.2, -0.15) is 0 Å². The van der Waals surface area contributed by atoms with Gasteiger partial charge in [0.05, 0.1) is 25.2 Å². The zero-order valence-corrected chi connectivity index (χ0v) is 40.1. The predicted molar refractivity (Wildman–Crippen MR) is 259 cm³/mol. The van der Waals surface area contributed by atoms with Gasteiger partial charge in [-0.15, -0.1) is 0 Å². The lowest BCUT2D eigenvalue weighted by atomic mass is 10.0. The van der Waals surface area contributed by atoms with Gasteiger partial charge in [-0.3, -0.25) is 9.59 Å². The summed E-state index contributed by atoms with van der Waals surface area (Å²) in [4.78, 5) is 26.1. The quantitative estimate of drug-likeness (QED) is 0.0322. The molecule has 0 aromatic rings. The van der Waals surface area contributed by atoms with Gasteiger partial charge in [0, 0.05) is 6.42 Å². The van der Waals surface area contributed by atoms with Gasteiger partial charge >= 0.3 is 5.97 Å². The van der Waals surface area contributed by atoms with Crippen molar-refractivity contribution >= 4 is 11.9 Å². The molecule has 1 amide bonds. The summed E-state index contributed by atoms with van der Waals surface area (Å²) in [5, 5.41) is 23.8. The molecule has 3 N–H and O–H groups in total. The highest BCUT2D eigenvalue weighted by Crippen LogP contribution is 2.18. The van der Waals surface area contributed by atoms with Crippen molar-refractivity contribution in [1.82, 2.24) is 5.32 Å². The molecule has 3 unspecified atom stereocenters. The predicted octanol–water partition coefficient (Wildman–Crippen LogP) is 15.7. The normalized spacial score (nSPS) is 13.5. The first kappa shape index (κ1) is 58.1. The van der Waals surface area contributed by atoms with E-state index in [1.165, 1.54) is 148 Å². The van der Waals surface area contributed by atoms with E-state index in [-0.39, 0.29) is 24.9 Å². The Morgan fingerprint density at radius 3 is 1.38 bits per heavy atom. The standard InChI is InChI=1S/C54H101NO5/c1-4-7-10-13-16-19-22-24-26-27-28-29-31-33-36-39-42-45-50(60-54(59)47-44-41-38-35-21-18-15-12-9-6-3)48-53(58)55-51(49-56)52(57)46-43-40-37-34-32-30-25-23-20-17-14-11-8-5-2/h12,15-16,19,24,26,50-52,56-57H,4-11,13-14,17-18,20-23,25,27-49H2,1-3H3,(H,55,58)/b15-12-,19-16-,26-24-. The highest BCUT2D eigenvalue weighted by molar-refractivity contribution is 5.77. The van der Waals surface area contributed by atoms with Gasteiger partial charge in [0.15, 0.2) is 0 Å². The van der Waals surface area contributed by atoms with Crippen LogP contribution in [0.25, 0.3) is 0 Å². The van der Waals surface area contributed by atoms with Gasteiger partial charge in [-0.05, 0) is 77.0 Å². The summed E-state index contributed by atoms with van der Waals surface area (Å²) < 4.78 is 5.92. The van der Waals surface area contributed by atoms with Crippen LogP contribution in [-0.2, 0) is 14.3 Å². The number of amides is 1. The fourth-order valence-electron chi connectivity index (χ4n) is 7.93. The largest absolute Gasteiger partial charge is 0.462 e. The van der Waals surface area contributed by atoms with Gasteiger partial charge in [0.2, 0.25) is 5.91 Å². The minimum Gasteiger partial charge on any atom is -0.462 e. The van der Waals surface area contributed by atoms with Crippen LogP contribution in [0.2, 0.25) is 0 Å². The number of unbranched alkanes of at least 4 members (excludes halogenated alkanes) is 29. The lowest BCUT2D eigenvalue weighted by molar-refractivity contribution is -0.151. The molecular formula is C54H101NO5. The number of aliphatic hydroxyl groups excluding tert-OH is 2. The molecule has 0 spiro atoms. The first-order valence-corrected chi connectivity index (χ1v) is 26.2. The summed E-state index contributed by atoms with van der Waals surface area (Å²) in [6, 6.07) is -0.703. The second-order valence-electron chi connectivity index (χ2n) is 17.9. The molecule has 0 heterocycles. The van der Waals surface area contributed by atoms with E-state index in [2.05, 4.69) is 62.5 Å². The Morgan fingerprint density at radius 2 is 0.883 bits per heavy atom. The number of carbonyl (C=O) groups is 2. The molecule has 3 atom stereocenters. The number of allylic oxidation sites excluding steroid dienone is 6. The molecule has 0 aliphatic rings. The average Bonchev–Trinajstić information content (AvgIpc) is 3.24. The van der Waals surface area contributed by atoms with Crippen molar-refractivity contribution in [1.29, 1.82) is 0 Å². The summed E-state index contributed by atoms with van der Waals surface area (Å²) >= 11 is 0. The second kappa shape index (κ2) is 48.1. The fourth-order valence-corrected chi connectivity index (χ4v) is 7.93. The van der Waals surface area contributed by atoms with E-state index in [1.54, 1.807) is 0 Å². The van der Waals surface area contributed by atoms with Gasteiger partial charge in [0.1, 0.15) is 6.10 Å². The summed E-state index contributed by atoms with van der Waals surface area (Å²) in [6.07, 6.45) is 56.3. The number of hydrogen-bond acceptors (Lipinski definition) is 5. The first-order chi connectivity index (χ1) is 29.5. The number of esters is 1. The zero-order valence-electron chi connectivity index (χ0n) is 40.1. The van der Waals surface area contributed by atoms with Crippen LogP contribution in [0.3, 0.4) is 0 Å². The minimum atomic E-state index is -0.789. The molecule has 0 fully saturated rings. The van der Waals surface area contributed by atoms with Crippen molar-refractivity contribution in [3.05, 3.63) is 36.5 Å². The lowest BCUT2D eigenvalue weighted by Gasteiger charge is -2.24. The molecule has 0 aliphatic carbocycles. The molecule has 0 saturated heterocycles. The first-order valence-electron chi connectivity index (χ1n) is 26.2. The fraction of sp³-hybridized carbons (Fsp3) is 0.852. The van der Waals surface area contributed by atoms with Crippen LogP contribution in [0.5, 0.6) is 0 Å². The van der Waals surface area contributed by atoms with E-state index < -0.39 is 18.2 Å². The molecular weight excluding hydrogens is 743 g/mol. The number of nitrogens with one attached hydrogen (secondary N) is 1. The van der Waals surface area contributed by atoms with Crippen LogP contribution < -0.4 is 5.32 Å². The Bertz CT molecular complexity index is 993. The number of carbonyl (C=O) groups excluding carboxylic acids is 2. The second-order valence-corrected chi connectivity index (χ2v) is 17.9. The third-order valence-corrected chi connectivity index (χ3v) is 11.9. The molecule has 0 aliphatic heterocycles. The molecule has 352 valence electrons. The van der Waals surface area contributed by atoms with E-state index in [0.717, 1.165) is 77.0 Å². The average molecular weight is 844 g/mol. The molecule has 0 saturated carbocycles. The molecule has 0 radical (unpaired) electrons. The summed E-state index contributed by atoms with van der Waals surface area (Å²) in [7, 11) is 0. The molecule has 6 heteroatoms. The van der Waals surface area contributed by atoms with E-state index in [0.29, 0.717) is 19.3 Å². The Morgan fingerprint density at radius 1 is 0.483 bits per heavy atom. The van der Waals surface area contributed by atoms with Crippen LogP contribution >= 0.6 is 0 Å². The van der Waals surface area contributed by atoms with Crippen molar-refractivity contribution in [3.8, 4) is 0 Å². The Labute approximate surface area is 373 Å². The van der Waals surface area contributed by atoms with Crippen molar-refractivity contribution in [2.75, 3.05) is 6.61 Å². The Hall–Kier alpha value is -1.92. The molecule has 0 bridgehead atoms. The van der Waals surface area contributed by atoms with Crippen molar-refractivity contribution in [2.45, 2.75) is 289 Å². The molecule has 0 rings (SSSR count). The smallest absolute Gasteiger partial charge is 0.306 e. The van der Waals surface area contributed by atoms with Crippen LogP contribution in [0.1, 0.15) is 271 Å². The Balaban J connectivity index is 4.54. The SMILES string of the molecule is CCC/C=C\CCCCCCCC(=O)OC(CCCCCCCCC/C=C\C/C=C\CCCCC)CC(=O)NC(CO)C(O)CCCCCCCCCCCCCCCC. The maximum absolute atomic E-state index is 13.2. The summed E-state index contributed by atoms with van der Waals surface area (Å²) in [6.45, 7) is 6.41. The summed E-state index contributed by atoms with van der Waals surface area (Å²) in [5.74, 6) is -0.485. The lowest BCUT2D eigenvalue weighted by Crippen LogP contribution is -2.46. The van der Waals surface area contributed by atoms with Gasteiger partial charge < -0.3 is 20.3 Å². The van der Waals surface area contributed by atoms with E-state index in [1.807, 2.05) is 0 Å². The van der Waals surface area contributed by atoms with E-state index in [4.69, 9.17) is 4.74 Å². The van der Waals surface area contributed by atoms with Crippen LogP contribution in [0.15, 0.2) is 36.5 Å². The van der Waals surface area contributed by atoms with E-state index in [9.17, 15) is 19.8 Å². The maximum atomic E-state index is 13.2. The van der Waals surface area contributed by atoms with E-state index >= 15 is 0 Å². The van der Waals surface area contributed by atoms with Crippen molar-refractivity contribution in [2.24, 2.45) is 0 Å². The molecule has 60 heavy (non-hydrogen) atoms. The minimum absolute atomic E-state index is 0.0710. The number of hydrogen-bond donors (Lipinski definition) is 3. The van der Waals surface area contributed by atoms with Gasteiger partial charge in [-0.25, -0.2) is 0 Å². The maximum Gasteiger partial charge on any atom is 0.306 e. The number of ether oxygens (including phenoxy) is 1. The summed E-state index contributed by atoms with van der Waals surface area (Å²) in [5.41, 5.74) is 0. The molecule has 6 nitrogen and oxygen atoms in total. The Kier molecular flexibility index (Phi) is 46.6. The third-order valence-electron chi connectivity index (χ3n) is 11.9. The molecule has 0 aromatic carbocycles. The van der Waals surface area contributed by atoms with Crippen LogP contribution in [0, 0.1) is 0 Å².